The molecule has 0 aliphatic carbocycles. The van der Waals surface area contributed by atoms with Crippen LogP contribution >= 0.6 is 0 Å². The molecule has 7 heteroatoms. The van der Waals surface area contributed by atoms with Crippen molar-refractivity contribution in [2.24, 2.45) is 5.41 Å². The molecular weight excluding hydrogens is 274 g/mol. The summed E-state index contributed by atoms with van der Waals surface area (Å²) in [6, 6.07) is 1.00. The first kappa shape index (κ1) is 16.9. The van der Waals surface area contributed by atoms with E-state index < -0.39 is 16.9 Å². The summed E-state index contributed by atoms with van der Waals surface area (Å²) in [6.07, 6.45) is 1.96. The van der Waals surface area contributed by atoms with Crippen LogP contribution in [0.4, 0.5) is 11.5 Å². The van der Waals surface area contributed by atoms with Crippen molar-refractivity contribution in [3.8, 4) is 0 Å². The molecule has 0 aliphatic rings. The number of carbonyl (C=O) groups is 1. The van der Waals surface area contributed by atoms with E-state index in [1.165, 1.54) is 12.3 Å². The number of nitrogens with one attached hydrogen (secondary N) is 1. The molecule has 0 radical (unpaired) electrons. The Bertz CT molecular complexity index is 538. The largest absolute Gasteiger partial charge is 0.481 e. The average molecular weight is 295 g/mol. The van der Waals surface area contributed by atoms with Gasteiger partial charge in [-0.2, -0.15) is 0 Å². The van der Waals surface area contributed by atoms with Crippen LogP contribution in [0.25, 0.3) is 0 Å². The molecule has 0 aromatic carbocycles. The van der Waals surface area contributed by atoms with Gasteiger partial charge in [-0.1, -0.05) is 20.8 Å². The molecule has 7 nitrogen and oxygen atoms in total. The molecule has 116 valence electrons. The lowest BCUT2D eigenvalue weighted by atomic mass is 9.87. The van der Waals surface area contributed by atoms with Gasteiger partial charge in [-0.05, 0) is 24.3 Å². The van der Waals surface area contributed by atoms with Gasteiger partial charge in [0.1, 0.15) is 0 Å². The van der Waals surface area contributed by atoms with Crippen molar-refractivity contribution in [3.05, 3.63) is 27.9 Å². The van der Waals surface area contributed by atoms with E-state index in [0.717, 1.165) is 0 Å². The minimum atomic E-state index is -0.952. The second-order valence-corrected chi connectivity index (χ2v) is 6.34. The highest BCUT2D eigenvalue weighted by Gasteiger charge is 2.24. The Labute approximate surface area is 123 Å². The van der Waals surface area contributed by atoms with E-state index in [1.54, 1.807) is 6.92 Å². The fourth-order valence-electron chi connectivity index (χ4n) is 2.12. The van der Waals surface area contributed by atoms with Crippen molar-refractivity contribution in [1.29, 1.82) is 0 Å². The van der Waals surface area contributed by atoms with Crippen LogP contribution in [0.2, 0.25) is 0 Å². The lowest BCUT2D eigenvalue weighted by Gasteiger charge is -2.26. The van der Waals surface area contributed by atoms with Gasteiger partial charge in [0, 0.05) is 18.3 Å². The van der Waals surface area contributed by atoms with Gasteiger partial charge in [-0.25, -0.2) is 4.98 Å². The lowest BCUT2D eigenvalue weighted by molar-refractivity contribution is -0.384. The van der Waals surface area contributed by atoms with Crippen molar-refractivity contribution >= 4 is 17.5 Å². The predicted molar refractivity (Wildman–Crippen MR) is 79.4 cm³/mol. The van der Waals surface area contributed by atoms with E-state index in [4.69, 9.17) is 5.11 Å². The molecule has 1 atom stereocenters. The summed E-state index contributed by atoms with van der Waals surface area (Å²) in [6.45, 7) is 7.68. The molecule has 0 spiro atoms. The molecule has 0 saturated carbocycles. The highest BCUT2D eigenvalue weighted by molar-refractivity contribution is 5.68. The van der Waals surface area contributed by atoms with Crippen LogP contribution in [0.3, 0.4) is 0 Å². The fraction of sp³-hybridized carbons (Fsp3) is 0.571. The van der Waals surface area contributed by atoms with Crippen LogP contribution in [0.1, 0.15) is 39.2 Å². The number of aliphatic carboxylic acids is 1. The maximum atomic E-state index is 11.1. The monoisotopic (exact) mass is 295 g/mol. The SMILES string of the molecule is Cc1cnc(NC(CC(=O)O)CC(C)(C)C)c([N+](=O)[O-])c1. The number of rotatable bonds is 6. The molecule has 1 rings (SSSR count). The van der Waals surface area contributed by atoms with Crippen LogP contribution in [0.5, 0.6) is 0 Å². The summed E-state index contributed by atoms with van der Waals surface area (Å²) < 4.78 is 0. The molecule has 0 fully saturated rings. The number of hydrogen-bond acceptors (Lipinski definition) is 5. The Balaban J connectivity index is 3.02. The Morgan fingerprint density at radius 2 is 2.14 bits per heavy atom. The number of nitrogens with zero attached hydrogens (tertiary/aromatic N) is 2. The highest BCUT2D eigenvalue weighted by atomic mass is 16.6. The topological polar surface area (TPSA) is 105 Å². The molecule has 1 aromatic heterocycles. The Hall–Kier alpha value is -2.18. The fourth-order valence-corrected chi connectivity index (χ4v) is 2.12. The number of carboxylic acids is 1. The molecule has 2 N–H and O–H groups in total. The number of pyridine rings is 1. The van der Waals surface area contributed by atoms with Crippen molar-refractivity contribution in [1.82, 2.24) is 4.98 Å². The third-order valence-electron chi connectivity index (χ3n) is 2.82. The highest BCUT2D eigenvalue weighted by Crippen LogP contribution is 2.28. The molecule has 1 aromatic rings. The summed E-state index contributed by atoms with van der Waals surface area (Å²) >= 11 is 0. The molecular formula is C14H21N3O4. The Morgan fingerprint density at radius 3 is 2.62 bits per heavy atom. The van der Waals surface area contributed by atoms with Crippen molar-refractivity contribution in [2.75, 3.05) is 5.32 Å². The summed E-state index contributed by atoms with van der Waals surface area (Å²) in [4.78, 5) is 25.6. The molecule has 0 amide bonds. The number of anilines is 1. The van der Waals surface area contributed by atoms with Crippen LogP contribution in [0.15, 0.2) is 12.3 Å². The molecule has 0 bridgehead atoms. The summed E-state index contributed by atoms with van der Waals surface area (Å²) in [5.74, 6) is -0.840. The van der Waals surface area contributed by atoms with Gasteiger partial charge in [-0.15, -0.1) is 0 Å². The molecule has 1 unspecified atom stereocenters. The second-order valence-electron chi connectivity index (χ2n) is 6.34. The summed E-state index contributed by atoms with van der Waals surface area (Å²) in [7, 11) is 0. The maximum Gasteiger partial charge on any atom is 0.311 e. The minimum absolute atomic E-state index is 0.105. The molecule has 1 heterocycles. The average Bonchev–Trinajstić information content (AvgIpc) is 2.28. The Kier molecular flexibility index (Phi) is 5.23. The van der Waals surface area contributed by atoms with E-state index in [2.05, 4.69) is 10.3 Å². The molecule has 0 aliphatic heterocycles. The van der Waals surface area contributed by atoms with Gasteiger partial charge in [0.25, 0.3) is 0 Å². The number of aromatic nitrogens is 1. The number of nitro groups is 1. The first-order valence-corrected chi connectivity index (χ1v) is 6.68. The van der Waals surface area contributed by atoms with Crippen molar-refractivity contribution < 1.29 is 14.8 Å². The molecule has 21 heavy (non-hydrogen) atoms. The van der Waals surface area contributed by atoms with Gasteiger partial charge < -0.3 is 10.4 Å². The standard InChI is InChI=1S/C14H21N3O4/c1-9-5-11(17(20)21)13(15-8-9)16-10(6-12(18)19)7-14(2,3)4/h5,8,10H,6-7H2,1-4H3,(H,15,16)(H,18,19). The zero-order valence-electron chi connectivity index (χ0n) is 12.7. The second kappa shape index (κ2) is 6.51. The van der Waals surface area contributed by atoms with Gasteiger partial charge in [-0.3, -0.25) is 14.9 Å². The third-order valence-corrected chi connectivity index (χ3v) is 2.82. The van der Waals surface area contributed by atoms with E-state index in [-0.39, 0.29) is 23.3 Å². The summed E-state index contributed by atoms with van der Waals surface area (Å²) in [5.41, 5.74) is 0.434. The normalized spacial score (nSPS) is 12.8. The van der Waals surface area contributed by atoms with Crippen LogP contribution in [-0.4, -0.2) is 27.0 Å². The number of carboxylic acid groups (broad SMARTS) is 1. The predicted octanol–water partition coefficient (Wildman–Crippen LogP) is 2.99. The van der Waals surface area contributed by atoms with Crippen molar-refractivity contribution in [3.63, 3.8) is 0 Å². The molecule has 0 saturated heterocycles. The van der Waals surface area contributed by atoms with Gasteiger partial charge >= 0.3 is 11.7 Å². The number of hydrogen-bond donors (Lipinski definition) is 2. The minimum Gasteiger partial charge on any atom is -0.481 e. The van der Waals surface area contributed by atoms with Gasteiger partial charge in [0.05, 0.1) is 11.3 Å². The first-order chi connectivity index (χ1) is 9.58. The summed E-state index contributed by atoms with van der Waals surface area (Å²) in [5, 5.41) is 23.0. The zero-order valence-corrected chi connectivity index (χ0v) is 12.7. The van der Waals surface area contributed by atoms with Gasteiger partial charge in [0.2, 0.25) is 5.82 Å². The quantitative estimate of drug-likeness (QED) is 0.617. The van der Waals surface area contributed by atoms with Crippen LogP contribution < -0.4 is 5.32 Å². The first-order valence-electron chi connectivity index (χ1n) is 6.68. The van der Waals surface area contributed by atoms with Crippen LogP contribution in [-0.2, 0) is 4.79 Å². The maximum absolute atomic E-state index is 11.1. The van der Waals surface area contributed by atoms with E-state index in [0.29, 0.717) is 12.0 Å². The van der Waals surface area contributed by atoms with E-state index in [9.17, 15) is 14.9 Å². The van der Waals surface area contributed by atoms with E-state index >= 15 is 0 Å². The van der Waals surface area contributed by atoms with E-state index in [1.807, 2.05) is 20.8 Å². The number of aryl methyl sites for hydroxylation is 1. The smallest absolute Gasteiger partial charge is 0.311 e. The lowest BCUT2D eigenvalue weighted by Crippen LogP contribution is -2.29. The zero-order chi connectivity index (χ0) is 16.2. The Morgan fingerprint density at radius 1 is 1.52 bits per heavy atom. The third kappa shape index (κ3) is 5.76. The van der Waals surface area contributed by atoms with Crippen molar-refractivity contribution in [2.45, 2.75) is 46.6 Å². The van der Waals surface area contributed by atoms with Crippen LogP contribution in [0, 0.1) is 22.5 Å². The van der Waals surface area contributed by atoms with Gasteiger partial charge in [0.15, 0.2) is 0 Å².